The molecule has 0 fully saturated rings. The number of halogens is 3. The van der Waals surface area contributed by atoms with Gasteiger partial charge in [0.25, 0.3) is 0 Å². The highest BCUT2D eigenvalue weighted by Gasteiger charge is 2.18. The lowest BCUT2D eigenvalue weighted by molar-refractivity contribution is 0.103. The summed E-state index contributed by atoms with van der Waals surface area (Å²) in [6, 6.07) is 8.66. The zero-order chi connectivity index (χ0) is 14.0. The van der Waals surface area contributed by atoms with Crippen LogP contribution in [-0.4, -0.2) is 12.9 Å². The first-order chi connectivity index (χ1) is 9.02. The summed E-state index contributed by atoms with van der Waals surface area (Å²) >= 11 is 9.15. The van der Waals surface area contributed by atoms with Gasteiger partial charge in [0.05, 0.1) is 12.7 Å². The van der Waals surface area contributed by atoms with Crippen LogP contribution >= 0.6 is 27.5 Å². The molecule has 2 aromatic carbocycles. The van der Waals surface area contributed by atoms with Gasteiger partial charge in [-0.25, -0.2) is 4.39 Å². The molecule has 2 rings (SSSR count). The summed E-state index contributed by atoms with van der Waals surface area (Å²) in [5, 5.41) is 0.432. The number of ketones is 1. The quantitative estimate of drug-likeness (QED) is 0.768. The molecule has 0 aromatic heterocycles. The molecule has 98 valence electrons. The number of hydrogen-bond acceptors (Lipinski definition) is 2. The predicted molar refractivity (Wildman–Crippen MR) is 75.5 cm³/mol. The number of methoxy groups -OCH3 is 1. The fourth-order valence-electron chi connectivity index (χ4n) is 1.67. The summed E-state index contributed by atoms with van der Waals surface area (Å²) < 4.78 is 19.0. The highest BCUT2D eigenvalue weighted by Crippen LogP contribution is 2.28. The molecule has 0 unspecified atom stereocenters. The summed E-state index contributed by atoms with van der Waals surface area (Å²) in [6.07, 6.45) is 0. The lowest BCUT2D eigenvalue weighted by atomic mass is 10.0. The fraction of sp³-hybridized carbons (Fsp3) is 0.0714. The van der Waals surface area contributed by atoms with E-state index in [9.17, 15) is 9.18 Å². The van der Waals surface area contributed by atoms with Gasteiger partial charge in [0.15, 0.2) is 5.78 Å². The van der Waals surface area contributed by atoms with E-state index < -0.39 is 5.82 Å². The highest BCUT2D eigenvalue weighted by molar-refractivity contribution is 9.10. The van der Waals surface area contributed by atoms with E-state index in [1.807, 2.05) is 0 Å². The average molecular weight is 344 g/mol. The minimum atomic E-state index is -0.498. The normalized spacial score (nSPS) is 10.3. The summed E-state index contributed by atoms with van der Waals surface area (Å²) in [6.45, 7) is 0. The molecule has 0 aliphatic rings. The zero-order valence-corrected chi connectivity index (χ0v) is 12.3. The van der Waals surface area contributed by atoms with E-state index in [0.717, 1.165) is 6.07 Å². The predicted octanol–water partition coefficient (Wildman–Crippen LogP) is 4.48. The summed E-state index contributed by atoms with van der Waals surface area (Å²) in [4.78, 5) is 12.4. The maximum Gasteiger partial charge on any atom is 0.198 e. The molecule has 0 bridgehead atoms. The molecule has 0 atom stereocenters. The standard InChI is InChI=1S/C14H9BrClFO2/c1-19-13-5-3-9(17)7-11(13)14(18)10-6-8(16)2-4-12(10)15/h2-7H,1H3. The topological polar surface area (TPSA) is 26.3 Å². The van der Waals surface area contributed by atoms with Crippen LogP contribution in [0.4, 0.5) is 4.39 Å². The minimum absolute atomic E-state index is 0.158. The second-order valence-corrected chi connectivity index (χ2v) is 5.09. The van der Waals surface area contributed by atoms with Crippen LogP contribution in [0.25, 0.3) is 0 Å². The van der Waals surface area contributed by atoms with Crippen LogP contribution in [0.5, 0.6) is 5.75 Å². The third-order valence-electron chi connectivity index (χ3n) is 2.58. The van der Waals surface area contributed by atoms with Gasteiger partial charge < -0.3 is 4.74 Å². The lowest BCUT2D eigenvalue weighted by Gasteiger charge is -2.09. The van der Waals surface area contributed by atoms with Crippen molar-refractivity contribution in [1.29, 1.82) is 0 Å². The molecular formula is C14H9BrClFO2. The van der Waals surface area contributed by atoms with E-state index in [2.05, 4.69) is 15.9 Å². The molecule has 2 nitrogen and oxygen atoms in total. The van der Waals surface area contributed by atoms with Crippen LogP contribution in [0.1, 0.15) is 15.9 Å². The Morgan fingerprint density at radius 3 is 2.63 bits per heavy atom. The second-order valence-electron chi connectivity index (χ2n) is 3.80. The van der Waals surface area contributed by atoms with Crippen LogP contribution < -0.4 is 4.74 Å². The maximum atomic E-state index is 13.3. The first-order valence-corrected chi connectivity index (χ1v) is 6.53. The fourth-order valence-corrected chi connectivity index (χ4v) is 2.27. The number of hydrogen-bond donors (Lipinski definition) is 0. The Bertz CT molecular complexity index is 643. The molecule has 0 amide bonds. The number of carbonyl (C=O) groups excluding carboxylic acids is 1. The van der Waals surface area contributed by atoms with Gasteiger partial charge >= 0.3 is 0 Å². The van der Waals surface area contributed by atoms with Crippen molar-refractivity contribution in [1.82, 2.24) is 0 Å². The largest absolute Gasteiger partial charge is 0.496 e. The molecule has 0 radical (unpaired) electrons. The molecule has 0 spiro atoms. The van der Waals surface area contributed by atoms with E-state index >= 15 is 0 Å². The summed E-state index contributed by atoms with van der Waals surface area (Å²) in [5.41, 5.74) is 0.516. The smallest absolute Gasteiger partial charge is 0.198 e. The van der Waals surface area contributed by atoms with E-state index in [1.165, 1.54) is 25.3 Å². The first-order valence-electron chi connectivity index (χ1n) is 5.36. The Morgan fingerprint density at radius 2 is 1.95 bits per heavy atom. The number of benzene rings is 2. The van der Waals surface area contributed by atoms with Crippen molar-refractivity contribution >= 4 is 33.3 Å². The third kappa shape index (κ3) is 2.96. The number of carbonyl (C=O) groups is 1. The van der Waals surface area contributed by atoms with E-state index in [1.54, 1.807) is 12.1 Å². The molecule has 2 aromatic rings. The summed E-state index contributed by atoms with van der Waals surface area (Å²) in [7, 11) is 1.43. The SMILES string of the molecule is COc1ccc(F)cc1C(=O)c1cc(Cl)ccc1Br. The Labute approximate surface area is 123 Å². The van der Waals surface area contributed by atoms with Crippen molar-refractivity contribution in [2.24, 2.45) is 0 Å². The van der Waals surface area contributed by atoms with Gasteiger partial charge in [-0.3, -0.25) is 4.79 Å². The molecule has 0 heterocycles. The van der Waals surface area contributed by atoms with Gasteiger partial charge in [0, 0.05) is 15.1 Å². The van der Waals surface area contributed by atoms with Crippen molar-refractivity contribution in [3.8, 4) is 5.75 Å². The van der Waals surface area contributed by atoms with Crippen molar-refractivity contribution in [2.75, 3.05) is 7.11 Å². The Balaban J connectivity index is 2.55. The van der Waals surface area contributed by atoms with E-state index in [-0.39, 0.29) is 11.3 Å². The van der Waals surface area contributed by atoms with Crippen molar-refractivity contribution in [3.05, 3.63) is 62.8 Å². The minimum Gasteiger partial charge on any atom is -0.496 e. The third-order valence-corrected chi connectivity index (χ3v) is 3.51. The van der Waals surface area contributed by atoms with Gasteiger partial charge in [-0.1, -0.05) is 27.5 Å². The molecule has 0 N–H and O–H groups in total. The highest BCUT2D eigenvalue weighted by atomic mass is 79.9. The van der Waals surface area contributed by atoms with E-state index in [0.29, 0.717) is 20.8 Å². The molecule has 0 aliphatic heterocycles. The van der Waals surface area contributed by atoms with Gasteiger partial charge in [-0.05, 0) is 36.4 Å². The Kier molecular flexibility index (Phi) is 4.22. The molecule has 0 saturated carbocycles. The zero-order valence-electron chi connectivity index (χ0n) is 9.91. The van der Waals surface area contributed by atoms with Gasteiger partial charge in [0.2, 0.25) is 0 Å². The van der Waals surface area contributed by atoms with Gasteiger partial charge in [0.1, 0.15) is 11.6 Å². The first kappa shape index (κ1) is 14.0. The number of ether oxygens (including phenoxy) is 1. The van der Waals surface area contributed by atoms with Gasteiger partial charge in [-0.2, -0.15) is 0 Å². The van der Waals surface area contributed by atoms with Crippen molar-refractivity contribution < 1.29 is 13.9 Å². The lowest BCUT2D eigenvalue weighted by Crippen LogP contribution is -2.05. The average Bonchev–Trinajstić information content (AvgIpc) is 2.40. The second kappa shape index (κ2) is 5.72. The summed E-state index contributed by atoms with van der Waals surface area (Å²) in [5.74, 6) is -0.536. The van der Waals surface area contributed by atoms with Crippen LogP contribution in [-0.2, 0) is 0 Å². The Morgan fingerprint density at radius 1 is 1.21 bits per heavy atom. The monoisotopic (exact) mass is 342 g/mol. The van der Waals surface area contributed by atoms with Crippen molar-refractivity contribution in [2.45, 2.75) is 0 Å². The van der Waals surface area contributed by atoms with Crippen LogP contribution in [0.15, 0.2) is 40.9 Å². The Hall–Kier alpha value is -1.39. The van der Waals surface area contributed by atoms with E-state index in [4.69, 9.17) is 16.3 Å². The molecule has 0 saturated heterocycles. The molecule has 5 heteroatoms. The van der Waals surface area contributed by atoms with Crippen LogP contribution in [0.3, 0.4) is 0 Å². The van der Waals surface area contributed by atoms with Crippen molar-refractivity contribution in [3.63, 3.8) is 0 Å². The molecule has 19 heavy (non-hydrogen) atoms. The van der Waals surface area contributed by atoms with Gasteiger partial charge in [-0.15, -0.1) is 0 Å². The maximum absolute atomic E-state index is 13.3. The molecular weight excluding hydrogens is 335 g/mol. The van der Waals surface area contributed by atoms with Crippen LogP contribution in [0.2, 0.25) is 5.02 Å². The number of rotatable bonds is 3. The molecule has 0 aliphatic carbocycles. The van der Waals surface area contributed by atoms with Crippen LogP contribution in [0, 0.1) is 5.82 Å².